The van der Waals surface area contributed by atoms with Gasteiger partial charge in [-0.15, -0.1) is 6.42 Å². The third kappa shape index (κ3) is 3.47. The molecule has 0 spiro atoms. The Morgan fingerprint density at radius 3 is 2.46 bits per heavy atom. The van der Waals surface area contributed by atoms with Crippen LogP contribution in [0.3, 0.4) is 0 Å². The molecule has 0 heterocycles. The fourth-order valence-corrected chi connectivity index (χ4v) is 0.952. The minimum absolute atomic E-state index is 0.0598. The van der Waals surface area contributed by atoms with Crippen LogP contribution < -0.4 is 5.73 Å². The van der Waals surface area contributed by atoms with Crippen molar-refractivity contribution in [1.29, 1.82) is 0 Å². The zero-order valence-corrected chi connectivity index (χ0v) is 8.58. The van der Waals surface area contributed by atoms with Crippen LogP contribution >= 0.6 is 0 Å². The van der Waals surface area contributed by atoms with Gasteiger partial charge in [-0.2, -0.15) is 0 Å². The van der Waals surface area contributed by atoms with Crippen molar-refractivity contribution in [1.82, 2.24) is 4.90 Å². The van der Waals surface area contributed by atoms with E-state index in [0.717, 1.165) is 0 Å². The molecule has 3 nitrogen and oxygen atoms in total. The first-order valence-electron chi connectivity index (χ1n) is 4.52. The van der Waals surface area contributed by atoms with E-state index in [1.807, 2.05) is 20.8 Å². The maximum Gasteiger partial charge on any atom is 0.240 e. The molecule has 0 aliphatic heterocycles. The van der Waals surface area contributed by atoms with Gasteiger partial charge in [0.1, 0.15) is 0 Å². The number of terminal acetylenes is 1. The Hall–Kier alpha value is -1.01. The molecule has 0 rings (SSSR count). The second-order valence-corrected chi connectivity index (χ2v) is 3.33. The third-order valence-corrected chi connectivity index (χ3v) is 1.98. The first-order chi connectivity index (χ1) is 6.04. The lowest BCUT2D eigenvalue weighted by Crippen LogP contribution is -2.46. The van der Waals surface area contributed by atoms with Crippen molar-refractivity contribution in [3.8, 4) is 12.3 Å². The molecule has 3 heteroatoms. The zero-order valence-electron chi connectivity index (χ0n) is 8.58. The van der Waals surface area contributed by atoms with Gasteiger partial charge >= 0.3 is 0 Å². The number of carbonyl (C=O) groups is 1. The Morgan fingerprint density at radius 1 is 1.62 bits per heavy atom. The van der Waals surface area contributed by atoms with Crippen LogP contribution in [0.5, 0.6) is 0 Å². The molecule has 0 fully saturated rings. The number of hydrogen-bond acceptors (Lipinski definition) is 2. The largest absolute Gasteiger partial charge is 0.330 e. The van der Waals surface area contributed by atoms with E-state index in [9.17, 15) is 4.79 Å². The van der Waals surface area contributed by atoms with E-state index >= 15 is 0 Å². The second-order valence-electron chi connectivity index (χ2n) is 3.33. The van der Waals surface area contributed by atoms with Crippen molar-refractivity contribution in [3.05, 3.63) is 0 Å². The number of hydrogen-bond donors (Lipinski definition) is 1. The lowest BCUT2D eigenvalue weighted by atomic mass is 10.0. The lowest BCUT2D eigenvalue weighted by molar-refractivity contribution is -0.132. The van der Waals surface area contributed by atoms with Crippen LogP contribution in [-0.4, -0.2) is 29.9 Å². The number of carbonyl (C=O) groups excluding carboxylic acids is 1. The molecule has 0 unspecified atom stereocenters. The van der Waals surface area contributed by atoms with Crippen LogP contribution in [0.15, 0.2) is 0 Å². The van der Waals surface area contributed by atoms with E-state index < -0.39 is 6.04 Å². The third-order valence-electron chi connectivity index (χ3n) is 1.98. The summed E-state index contributed by atoms with van der Waals surface area (Å²) in [5, 5.41) is 0. The number of nitrogens with two attached hydrogens (primary N) is 1. The highest BCUT2D eigenvalue weighted by molar-refractivity contribution is 5.82. The van der Waals surface area contributed by atoms with Gasteiger partial charge in [0, 0.05) is 6.54 Å². The number of amides is 1. The van der Waals surface area contributed by atoms with E-state index in [-0.39, 0.29) is 11.8 Å². The van der Waals surface area contributed by atoms with Crippen molar-refractivity contribution < 1.29 is 4.79 Å². The maximum atomic E-state index is 11.6. The molecule has 74 valence electrons. The van der Waals surface area contributed by atoms with Crippen LogP contribution in [0.1, 0.15) is 20.8 Å². The smallest absolute Gasteiger partial charge is 0.240 e. The minimum Gasteiger partial charge on any atom is -0.330 e. The summed E-state index contributed by atoms with van der Waals surface area (Å²) in [4.78, 5) is 13.2. The van der Waals surface area contributed by atoms with Crippen LogP contribution in [0.4, 0.5) is 0 Å². The van der Waals surface area contributed by atoms with Gasteiger partial charge in [-0.25, -0.2) is 0 Å². The van der Waals surface area contributed by atoms with Crippen LogP contribution in [0, 0.1) is 18.3 Å². The molecule has 0 saturated carbocycles. The quantitative estimate of drug-likeness (QED) is 0.642. The normalized spacial score (nSPS) is 12.3. The van der Waals surface area contributed by atoms with E-state index in [2.05, 4.69) is 5.92 Å². The number of likely N-dealkylation sites (N-methyl/N-ethyl adjacent to an activating group) is 1. The molecule has 13 heavy (non-hydrogen) atoms. The topological polar surface area (TPSA) is 46.3 Å². The van der Waals surface area contributed by atoms with Crippen molar-refractivity contribution in [2.75, 3.05) is 13.1 Å². The zero-order chi connectivity index (χ0) is 10.4. The van der Waals surface area contributed by atoms with Crippen LogP contribution in [0.25, 0.3) is 0 Å². The fraction of sp³-hybridized carbons (Fsp3) is 0.700. The Labute approximate surface area is 80.3 Å². The lowest BCUT2D eigenvalue weighted by Gasteiger charge is -2.24. The molecular weight excluding hydrogens is 164 g/mol. The van der Waals surface area contributed by atoms with E-state index in [4.69, 9.17) is 12.2 Å². The highest BCUT2D eigenvalue weighted by Gasteiger charge is 2.21. The molecule has 0 aromatic carbocycles. The van der Waals surface area contributed by atoms with Crippen molar-refractivity contribution in [3.63, 3.8) is 0 Å². The van der Waals surface area contributed by atoms with Crippen LogP contribution in [-0.2, 0) is 4.79 Å². The average molecular weight is 182 g/mol. The highest BCUT2D eigenvalue weighted by atomic mass is 16.2. The Morgan fingerprint density at radius 2 is 2.15 bits per heavy atom. The van der Waals surface area contributed by atoms with Gasteiger partial charge in [0.05, 0.1) is 12.6 Å². The minimum atomic E-state index is -0.437. The summed E-state index contributed by atoms with van der Waals surface area (Å²) in [5.74, 6) is 2.54. The molecule has 0 aromatic heterocycles. The van der Waals surface area contributed by atoms with Crippen molar-refractivity contribution in [2.24, 2.45) is 11.7 Å². The SMILES string of the molecule is C#CCN(CC)C(=O)[C@H](N)C(C)C. The summed E-state index contributed by atoms with van der Waals surface area (Å²) in [6.45, 7) is 6.69. The molecule has 1 atom stereocenters. The second kappa shape index (κ2) is 5.60. The van der Waals surface area contributed by atoms with Gasteiger partial charge in [-0.05, 0) is 12.8 Å². The van der Waals surface area contributed by atoms with Gasteiger partial charge in [0.2, 0.25) is 5.91 Å². The fourth-order valence-electron chi connectivity index (χ4n) is 0.952. The van der Waals surface area contributed by atoms with Crippen LogP contribution in [0.2, 0.25) is 0 Å². The Kier molecular flexibility index (Phi) is 5.17. The molecule has 1 amide bonds. The van der Waals surface area contributed by atoms with E-state index in [1.165, 1.54) is 0 Å². The van der Waals surface area contributed by atoms with Gasteiger partial charge in [0.15, 0.2) is 0 Å². The molecule has 0 saturated heterocycles. The predicted molar refractivity (Wildman–Crippen MR) is 53.9 cm³/mol. The number of nitrogens with zero attached hydrogens (tertiary/aromatic N) is 1. The number of rotatable bonds is 4. The standard InChI is InChI=1S/C10H18N2O/c1-5-7-12(6-2)10(13)9(11)8(3)4/h1,8-9H,6-7,11H2,2-4H3/t9-/m1/s1. The molecule has 0 aromatic rings. The summed E-state index contributed by atoms with van der Waals surface area (Å²) >= 11 is 0. The summed E-state index contributed by atoms with van der Waals surface area (Å²) in [7, 11) is 0. The van der Waals surface area contributed by atoms with Crippen molar-refractivity contribution >= 4 is 5.91 Å². The summed E-state index contributed by atoms with van der Waals surface area (Å²) < 4.78 is 0. The van der Waals surface area contributed by atoms with E-state index in [0.29, 0.717) is 13.1 Å². The Bertz CT molecular complexity index is 205. The first-order valence-corrected chi connectivity index (χ1v) is 4.52. The molecule has 0 bridgehead atoms. The van der Waals surface area contributed by atoms with Gasteiger partial charge in [-0.1, -0.05) is 19.8 Å². The predicted octanol–water partition coefficient (Wildman–Crippen LogP) is 0.451. The molecule has 0 aliphatic carbocycles. The summed E-state index contributed by atoms with van der Waals surface area (Å²) in [5.41, 5.74) is 5.71. The molecule has 0 aliphatic rings. The molecule has 2 N–H and O–H groups in total. The maximum absolute atomic E-state index is 11.6. The summed E-state index contributed by atoms with van der Waals surface area (Å²) in [6.07, 6.45) is 5.13. The Balaban J connectivity index is 4.29. The van der Waals surface area contributed by atoms with Gasteiger partial charge in [-0.3, -0.25) is 4.79 Å². The van der Waals surface area contributed by atoms with Crippen molar-refractivity contribution in [2.45, 2.75) is 26.8 Å². The van der Waals surface area contributed by atoms with Gasteiger partial charge < -0.3 is 10.6 Å². The van der Waals surface area contributed by atoms with E-state index in [1.54, 1.807) is 4.90 Å². The van der Waals surface area contributed by atoms with Gasteiger partial charge in [0.25, 0.3) is 0 Å². The monoisotopic (exact) mass is 182 g/mol. The molecular formula is C10H18N2O. The highest BCUT2D eigenvalue weighted by Crippen LogP contribution is 2.02. The average Bonchev–Trinajstić information content (AvgIpc) is 2.11. The first kappa shape index (κ1) is 12.0. The summed E-state index contributed by atoms with van der Waals surface area (Å²) in [6, 6.07) is -0.437. The molecule has 0 radical (unpaired) electrons.